The fourth-order valence-corrected chi connectivity index (χ4v) is 1.20. The van der Waals surface area contributed by atoms with Crippen molar-refractivity contribution in [1.29, 1.82) is 0 Å². The van der Waals surface area contributed by atoms with Crippen LogP contribution in [0, 0.1) is 0 Å². The second-order valence-electron chi connectivity index (χ2n) is 2.77. The molecule has 0 atom stereocenters. The highest BCUT2D eigenvalue weighted by Gasteiger charge is 2.04. The van der Waals surface area contributed by atoms with Gasteiger partial charge < -0.3 is 5.01 Å². The molecule has 1 aromatic heterocycles. The minimum absolute atomic E-state index is 0.957. The molecule has 0 aromatic carbocycles. The van der Waals surface area contributed by atoms with Gasteiger partial charge in [-0.05, 0) is 19.1 Å². The van der Waals surface area contributed by atoms with Crippen molar-refractivity contribution in [3.05, 3.63) is 24.5 Å². The van der Waals surface area contributed by atoms with Gasteiger partial charge in [-0.2, -0.15) is 0 Å². The van der Waals surface area contributed by atoms with Gasteiger partial charge >= 0.3 is 0 Å². The van der Waals surface area contributed by atoms with E-state index in [4.69, 9.17) is 0 Å². The Labute approximate surface area is 73.6 Å². The molecule has 1 heterocycles. The molecule has 0 aliphatic heterocycles. The van der Waals surface area contributed by atoms with Gasteiger partial charge in [0.2, 0.25) is 0 Å². The topological polar surface area (TPSA) is 19.4 Å². The summed E-state index contributed by atoms with van der Waals surface area (Å²) in [4.78, 5) is 4.07. The van der Waals surface area contributed by atoms with Crippen LogP contribution in [0.2, 0.25) is 0 Å². The summed E-state index contributed by atoms with van der Waals surface area (Å²) >= 11 is 0. The zero-order chi connectivity index (χ0) is 8.97. The molecule has 0 aliphatic carbocycles. The number of hydrogen-bond acceptors (Lipinski definition) is 3. The van der Waals surface area contributed by atoms with Crippen molar-refractivity contribution in [2.24, 2.45) is 0 Å². The molecule has 0 fully saturated rings. The zero-order valence-corrected chi connectivity index (χ0v) is 7.86. The monoisotopic (exact) mass is 165 g/mol. The first kappa shape index (κ1) is 9.00. The summed E-state index contributed by atoms with van der Waals surface area (Å²) < 4.78 is 0. The Morgan fingerprint density at radius 2 is 2.17 bits per heavy atom. The summed E-state index contributed by atoms with van der Waals surface area (Å²) in [6, 6.07) is 4.00. The lowest BCUT2D eigenvalue weighted by atomic mass is 10.4. The summed E-state index contributed by atoms with van der Waals surface area (Å²) in [7, 11) is 4.05. The summed E-state index contributed by atoms with van der Waals surface area (Å²) in [6.45, 7) is 3.08. The normalized spacial score (nSPS) is 10.3. The molecule has 0 amide bonds. The third kappa shape index (κ3) is 1.95. The average Bonchev–Trinajstić information content (AvgIpc) is 2.07. The highest BCUT2D eigenvalue weighted by atomic mass is 15.6. The van der Waals surface area contributed by atoms with Crippen molar-refractivity contribution in [1.82, 2.24) is 9.99 Å². The second-order valence-corrected chi connectivity index (χ2v) is 2.77. The molecular formula is C9H15N3. The van der Waals surface area contributed by atoms with E-state index in [1.807, 2.05) is 26.4 Å². The lowest BCUT2D eigenvalue weighted by Gasteiger charge is -2.29. The number of anilines is 1. The Hall–Kier alpha value is -1.09. The molecule has 1 rings (SSSR count). The Bertz CT molecular complexity index is 220. The SMILES string of the molecule is CCN(c1cccnc1)N(C)C. The van der Waals surface area contributed by atoms with Crippen LogP contribution in [0.3, 0.4) is 0 Å². The molecule has 12 heavy (non-hydrogen) atoms. The van der Waals surface area contributed by atoms with Gasteiger partial charge in [-0.3, -0.25) is 4.98 Å². The molecule has 0 saturated heterocycles. The molecule has 0 saturated carbocycles. The predicted octanol–water partition coefficient (Wildman–Crippen LogP) is 1.38. The van der Waals surface area contributed by atoms with Crippen LogP contribution in [0.25, 0.3) is 0 Å². The second kappa shape index (κ2) is 4.07. The van der Waals surface area contributed by atoms with Crippen LogP contribution in [0.5, 0.6) is 0 Å². The maximum atomic E-state index is 4.07. The molecule has 1 aromatic rings. The molecule has 0 aliphatic rings. The fourth-order valence-electron chi connectivity index (χ4n) is 1.20. The van der Waals surface area contributed by atoms with Gasteiger partial charge in [-0.1, -0.05) is 0 Å². The van der Waals surface area contributed by atoms with Crippen LogP contribution < -0.4 is 5.01 Å². The van der Waals surface area contributed by atoms with E-state index in [-0.39, 0.29) is 0 Å². The van der Waals surface area contributed by atoms with Crippen LogP contribution in [-0.2, 0) is 0 Å². The number of rotatable bonds is 3. The average molecular weight is 165 g/mol. The Balaban J connectivity index is 2.80. The summed E-state index contributed by atoms with van der Waals surface area (Å²) in [6.07, 6.45) is 3.65. The number of pyridine rings is 1. The van der Waals surface area contributed by atoms with Crippen LogP contribution in [0.15, 0.2) is 24.5 Å². The highest BCUT2D eigenvalue weighted by Crippen LogP contribution is 2.11. The third-order valence-electron chi connectivity index (χ3n) is 1.73. The van der Waals surface area contributed by atoms with Crippen LogP contribution >= 0.6 is 0 Å². The smallest absolute Gasteiger partial charge is 0.0705 e. The van der Waals surface area contributed by atoms with Gasteiger partial charge in [0.05, 0.1) is 11.9 Å². The van der Waals surface area contributed by atoms with Crippen molar-refractivity contribution in [2.45, 2.75) is 6.92 Å². The van der Waals surface area contributed by atoms with Gasteiger partial charge in [0.15, 0.2) is 0 Å². The molecule has 3 nitrogen and oxygen atoms in total. The van der Waals surface area contributed by atoms with Crippen LogP contribution in [0.1, 0.15) is 6.92 Å². The molecule has 3 heteroatoms. The Morgan fingerprint density at radius 3 is 2.58 bits per heavy atom. The van der Waals surface area contributed by atoms with Crippen molar-refractivity contribution in [3.63, 3.8) is 0 Å². The molecule has 0 unspecified atom stereocenters. The lowest BCUT2D eigenvalue weighted by molar-refractivity contribution is 0.376. The summed E-state index contributed by atoms with van der Waals surface area (Å²) in [5, 5.41) is 4.20. The first-order valence-electron chi connectivity index (χ1n) is 4.10. The van der Waals surface area contributed by atoms with E-state index in [2.05, 4.69) is 28.0 Å². The van der Waals surface area contributed by atoms with Crippen molar-refractivity contribution in [2.75, 3.05) is 25.6 Å². The van der Waals surface area contributed by atoms with E-state index in [0.717, 1.165) is 12.2 Å². The van der Waals surface area contributed by atoms with Gasteiger partial charge in [0.25, 0.3) is 0 Å². The van der Waals surface area contributed by atoms with Crippen molar-refractivity contribution < 1.29 is 0 Å². The molecular weight excluding hydrogens is 150 g/mol. The maximum absolute atomic E-state index is 4.07. The van der Waals surface area contributed by atoms with Crippen molar-refractivity contribution >= 4 is 5.69 Å². The van der Waals surface area contributed by atoms with E-state index >= 15 is 0 Å². The van der Waals surface area contributed by atoms with Gasteiger partial charge in [-0.25, -0.2) is 5.01 Å². The number of aromatic nitrogens is 1. The quantitative estimate of drug-likeness (QED) is 0.631. The zero-order valence-electron chi connectivity index (χ0n) is 7.86. The number of hydrazine groups is 1. The Morgan fingerprint density at radius 1 is 1.42 bits per heavy atom. The number of hydrogen-bond donors (Lipinski definition) is 0. The minimum atomic E-state index is 0.957. The maximum Gasteiger partial charge on any atom is 0.0705 e. The standard InChI is InChI=1S/C9H15N3/c1-4-12(11(2)3)9-6-5-7-10-8-9/h5-8H,4H2,1-3H3. The highest BCUT2D eigenvalue weighted by molar-refractivity contribution is 5.41. The van der Waals surface area contributed by atoms with E-state index in [1.54, 1.807) is 6.20 Å². The van der Waals surface area contributed by atoms with E-state index in [1.165, 1.54) is 0 Å². The minimum Gasteiger partial charge on any atom is -0.305 e. The van der Waals surface area contributed by atoms with Gasteiger partial charge in [0.1, 0.15) is 0 Å². The van der Waals surface area contributed by atoms with E-state index in [0.29, 0.717) is 0 Å². The Kier molecular flexibility index (Phi) is 3.05. The predicted molar refractivity (Wildman–Crippen MR) is 50.9 cm³/mol. The first-order valence-corrected chi connectivity index (χ1v) is 4.10. The molecule has 66 valence electrons. The van der Waals surface area contributed by atoms with Crippen LogP contribution in [0.4, 0.5) is 5.69 Å². The molecule has 0 spiro atoms. The molecule has 0 bridgehead atoms. The third-order valence-corrected chi connectivity index (χ3v) is 1.73. The van der Waals surface area contributed by atoms with Gasteiger partial charge in [0, 0.05) is 26.8 Å². The fraction of sp³-hybridized carbons (Fsp3) is 0.444. The van der Waals surface area contributed by atoms with Crippen molar-refractivity contribution in [3.8, 4) is 0 Å². The largest absolute Gasteiger partial charge is 0.305 e. The molecule has 0 N–H and O–H groups in total. The van der Waals surface area contributed by atoms with Gasteiger partial charge in [-0.15, -0.1) is 0 Å². The summed E-state index contributed by atoms with van der Waals surface area (Å²) in [5.74, 6) is 0. The van der Waals surface area contributed by atoms with Crippen LogP contribution in [-0.4, -0.2) is 30.6 Å². The summed E-state index contributed by atoms with van der Waals surface area (Å²) in [5.41, 5.74) is 1.13. The number of nitrogens with zero attached hydrogens (tertiary/aromatic N) is 3. The first-order chi connectivity index (χ1) is 5.75. The van der Waals surface area contributed by atoms with E-state index < -0.39 is 0 Å². The lowest BCUT2D eigenvalue weighted by Crippen LogP contribution is -2.36. The molecule has 0 radical (unpaired) electrons. The van der Waals surface area contributed by atoms with E-state index in [9.17, 15) is 0 Å².